The summed E-state index contributed by atoms with van der Waals surface area (Å²) >= 11 is 0. The molecule has 1 fully saturated rings. The third-order valence-corrected chi connectivity index (χ3v) is 4.66. The molecule has 0 atom stereocenters. The summed E-state index contributed by atoms with van der Waals surface area (Å²) in [6.45, 7) is 7.14. The van der Waals surface area contributed by atoms with Gasteiger partial charge in [-0.25, -0.2) is 4.68 Å². The lowest BCUT2D eigenvalue weighted by Crippen LogP contribution is -2.49. The van der Waals surface area contributed by atoms with Crippen LogP contribution in [-0.2, 0) is 7.05 Å². The first-order chi connectivity index (χ1) is 11.5. The van der Waals surface area contributed by atoms with E-state index in [1.165, 1.54) is 33.6 Å². The first-order valence-corrected chi connectivity index (χ1v) is 8.12. The second-order valence-electron chi connectivity index (χ2n) is 6.18. The number of carbonyl (C=O) groups is 1. The largest absolute Gasteiger partial charge is 0.368 e. The molecule has 1 saturated heterocycles. The molecule has 2 heterocycles. The fourth-order valence-corrected chi connectivity index (χ4v) is 3.01. The number of aromatic nitrogens is 2. The normalized spacial score (nSPS) is 14.8. The Bertz CT molecular complexity index is 820. The zero-order valence-electron chi connectivity index (χ0n) is 14.3. The molecule has 1 aliphatic rings. The zero-order valence-corrected chi connectivity index (χ0v) is 14.3. The second-order valence-corrected chi connectivity index (χ2v) is 6.18. The van der Waals surface area contributed by atoms with Gasteiger partial charge in [-0.15, -0.1) is 0 Å². The Balaban J connectivity index is 1.70. The smallest absolute Gasteiger partial charge is 0.274 e. The van der Waals surface area contributed by atoms with Gasteiger partial charge in [0.05, 0.1) is 0 Å². The fourth-order valence-electron chi connectivity index (χ4n) is 3.01. The highest BCUT2D eigenvalue weighted by atomic mass is 16.2. The van der Waals surface area contributed by atoms with Crippen LogP contribution in [0.1, 0.15) is 21.6 Å². The van der Waals surface area contributed by atoms with Crippen molar-refractivity contribution in [3.05, 3.63) is 57.5 Å². The van der Waals surface area contributed by atoms with Gasteiger partial charge in [-0.1, -0.05) is 12.1 Å². The molecular formula is C18H22N4O2. The SMILES string of the molecule is Cc1cccc(N2CCN(C(=O)c3ccc(=O)n(C)n3)CC2)c1C. The molecule has 0 radical (unpaired) electrons. The van der Waals surface area contributed by atoms with E-state index in [0.29, 0.717) is 18.8 Å². The molecule has 1 amide bonds. The summed E-state index contributed by atoms with van der Waals surface area (Å²) in [5.41, 5.74) is 3.91. The molecule has 24 heavy (non-hydrogen) atoms. The summed E-state index contributed by atoms with van der Waals surface area (Å²) in [5.74, 6) is -0.119. The molecule has 0 aliphatic carbocycles. The maximum absolute atomic E-state index is 12.6. The average Bonchev–Trinajstić information content (AvgIpc) is 2.59. The molecule has 126 valence electrons. The van der Waals surface area contributed by atoms with Gasteiger partial charge in [0.2, 0.25) is 0 Å². The Labute approximate surface area is 141 Å². The van der Waals surface area contributed by atoms with Crippen LogP contribution in [0.15, 0.2) is 35.1 Å². The molecule has 0 bridgehead atoms. The van der Waals surface area contributed by atoms with Crippen molar-refractivity contribution in [3.63, 3.8) is 0 Å². The Morgan fingerprint density at radius 2 is 1.75 bits per heavy atom. The van der Waals surface area contributed by atoms with Crippen LogP contribution in [0.25, 0.3) is 0 Å². The molecule has 0 N–H and O–H groups in total. The Hall–Kier alpha value is -2.63. The molecule has 6 heteroatoms. The molecule has 1 aliphatic heterocycles. The van der Waals surface area contributed by atoms with Crippen molar-refractivity contribution < 1.29 is 4.79 Å². The van der Waals surface area contributed by atoms with Crippen LogP contribution in [-0.4, -0.2) is 46.8 Å². The summed E-state index contributed by atoms with van der Waals surface area (Å²) in [6, 6.07) is 9.20. The highest BCUT2D eigenvalue weighted by Gasteiger charge is 2.24. The summed E-state index contributed by atoms with van der Waals surface area (Å²) in [5, 5.41) is 4.05. The molecule has 1 aromatic heterocycles. The number of rotatable bonds is 2. The van der Waals surface area contributed by atoms with Gasteiger partial charge < -0.3 is 9.80 Å². The van der Waals surface area contributed by atoms with Gasteiger partial charge in [-0.2, -0.15) is 5.10 Å². The molecule has 0 spiro atoms. The van der Waals surface area contributed by atoms with Gasteiger partial charge >= 0.3 is 0 Å². The van der Waals surface area contributed by atoms with Crippen LogP contribution >= 0.6 is 0 Å². The third-order valence-electron chi connectivity index (χ3n) is 4.66. The lowest BCUT2D eigenvalue weighted by Gasteiger charge is -2.36. The predicted molar refractivity (Wildman–Crippen MR) is 93.5 cm³/mol. The minimum Gasteiger partial charge on any atom is -0.368 e. The molecular weight excluding hydrogens is 304 g/mol. The van der Waals surface area contributed by atoms with Crippen molar-refractivity contribution in [3.8, 4) is 0 Å². The van der Waals surface area contributed by atoms with E-state index in [1.807, 2.05) is 0 Å². The van der Waals surface area contributed by atoms with Crippen molar-refractivity contribution in [2.75, 3.05) is 31.1 Å². The van der Waals surface area contributed by atoms with Gasteiger partial charge in [0, 0.05) is 45.0 Å². The first-order valence-electron chi connectivity index (χ1n) is 8.12. The van der Waals surface area contributed by atoms with E-state index in [1.54, 1.807) is 11.9 Å². The van der Waals surface area contributed by atoms with Crippen LogP contribution in [0.2, 0.25) is 0 Å². The van der Waals surface area contributed by atoms with Gasteiger partial charge in [0.15, 0.2) is 0 Å². The van der Waals surface area contributed by atoms with Crippen LogP contribution in [0.5, 0.6) is 0 Å². The first kappa shape index (κ1) is 16.2. The van der Waals surface area contributed by atoms with Crippen LogP contribution in [0, 0.1) is 13.8 Å². The van der Waals surface area contributed by atoms with Gasteiger partial charge in [0.25, 0.3) is 11.5 Å². The number of carbonyl (C=O) groups excluding carboxylic acids is 1. The lowest BCUT2D eigenvalue weighted by atomic mass is 10.1. The molecule has 0 unspecified atom stereocenters. The van der Waals surface area contributed by atoms with Crippen LogP contribution < -0.4 is 10.5 Å². The maximum Gasteiger partial charge on any atom is 0.274 e. The number of hydrogen-bond acceptors (Lipinski definition) is 4. The van der Waals surface area contributed by atoms with E-state index in [9.17, 15) is 9.59 Å². The number of anilines is 1. The van der Waals surface area contributed by atoms with Crippen molar-refractivity contribution in [2.24, 2.45) is 7.05 Å². The molecule has 2 aromatic rings. The standard InChI is InChI=1S/C18H22N4O2/c1-13-5-4-6-16(14(13)2)21-9-11-22(12-10-21)18(24)15-7-8-17(23)20(3)19-15/h4-8H,9-12H2,1-3H3. The quantitative estimate of drug-likeness (QED) is 0.836. The van der Waals surface area contributed by atoms with E-state index in [2.05, 4.69) is 42.0 Å². The fraction of sp³-hybridized carbons (Fsp3) is 0.389. The topological polar surface area (TPSA) is 58.4 Å². The average molecular weight is 326 g/mol. The van der Waals surface area contributed by atoms with E-state index < -0.39 is 0 Å². The molecule has 6 nitrogen and oxygen atoms in total. The van der Waals surface area contributed by atoms with Crippen LogP contribution in [0.3, 0.4) is 0 Å². The second kappa shape index (κ2) is 6.47. The van der Waals surface area contributed by atoms with Gasteiger partial charge in [-0.3, -0.25) is 9.59 Å². The Morgan fingerprint density at radius 1 is 1.04 bits per heavy atom. The summed E-state index contributed by atoms with van der Waals surface area (Å²) in [7, 11) is 1.55. The van der Waals surface area contributed by atoms with Gasteiger partial charge in [-0.05, 0) is 37.1 Å². The van der Waals surface area contributed by atoms with Crippen molar-refractivity contribution in [2.45, 2.75) is 13.8 Å². The van der Waals surface area contributed by atoms with E-state index in [0.717, 1.165) is 13.1 Å². The number of nitrogens with zero attached hydrogens (tertiary/aromatic N) is 4. The van der Waals surface area contributed by atoms with E-state index >= 15 is 0 Å². The lowest BCUT2D eigenvalue weighted by molar-refractivity contribution is 0.0738. The highest BCUT2D eigenvalue weighted by Crippen LogP contribution is 2.24. The third kappa shape index (κ3) is 3.04. The monoisotopic (exact) mass is 326 g/mol. The summed E-state index contributed by atoms with van der Waals surface area (Å²) in [6.07, 6.45) is 0. The number of piperazine rings is 1. The summed E-state index contributed by atoms with van der Waals surface area (Å²) < 4.78 is 1.19. The van der Waals surface area contributed by atoms with Crippen LogP contribution in [0.4, 0.5) is 5.69 Å². The molecule has 1 aromatic carbocycles. The predicted octanol–water partition coefficient (Wildman–Crippen LogP) is 1.36. The van der Waals surface area contributed by atoms with E-state index in [-0.39, 0.29) is 11.5 Å². The summed E-state index contributed by atoms with van der Waals surface area (Å²) in [4.78, 5) is 28.1. The number of amides is 1. The molecule has 3 rings (SSSR count). The maximum atomic E-state index is 12.6. The number of aryl methyl sites for hydroxylation is 2. The minimum absolute atomic E-state index is 0.119. The minimum atomic E-state index is -0.216. The van der Waals surface area contributed by atoms with Crippen molar-refractivity contribution in [1.82, 2.24) is 14.7 Å². The molecule has 0 saturated carbocycles. The Morgan fingerprint density at radius 3 is 2.42 bits per heavy atom. The Kier molecular flexibility index (Phi) is 4.38. The van der Waals surface area contributed by atoms with Gasteiger partial charge in [0.1, 0.15) is 5.69 Å². The number of hydrogen-bond donors (Lipinski definition) is 0. The highest BCUT2D eigenvalue weighted by molar-refractivity contribution is 5.92. The number of benzene rings is 1. The van der Waals surface area contributed by atoms with E-state index in [4.69, 9.17) is 0 Å². The van der Waals surface area contributed by atoms with Crippen molar-refractivity contribution in [1.29, 1.82) is 0 Å². The zero-order chi connectivity index (χ0) is 17.3. The van der Waals surface area contributed by atoms with Crippen molar-refractivity contribution >= 4 is 11.6 Å².